The van der Waals surface area contributed by atoms with E-state index in [0.717, 1.165) is 0 Å². The van der Waals surface area contributed by atoms with E-state index in [1.54, 1.807) is 0 Å². The first-order valence-corrected chi connectivity index (χ1v) is 3.62. The van der Waals surface area contributed by atoms with Gasteiger partial charge in [-0.2, -0.15) is 0 Å². The van der Waals surface area contributed by atoms with Gasteiger partial charge in [0, 0.05) is 12.5 Å². The zero-order valence-corrected chi connectivity index (χ0v) is 6.32. The lowest BCUT2D eigenvalue weighted by Gasteiger charge is -2.13. The van der Waals surface area contributed by atoms with E-state index in [9.17, 15) is 8.78 Å². The van der Waals surface area contributed by atoms with Gasteiger partial charge in [-0.15, -0.1) is 0 Å². The van der Waals surface area contributed by atoms with Crippen LogP contribution in [0.2, 0.25) is 0 Å². The van der Waals surface area contributed by atoms with Crippen molar-refractivity contribution >= 4 is 0 Å². The van der Waals surface area contributed by atoms with Gasteiger partial charge in [-0.05, 0) is 5.92 Å². The number of halogens is 2. The summed E-state index contributed by atoms with van der Waals surface area (Å²) in [5.41, 5.74) is 0. The molecule has 0 saturated carbocycles. The Morgan fingerprint density at radius 2 is 2.10 bits per heavy atom. The molecule has 0 aromatic carbocycles. The third-order valence-corrected chi connectivity index (χ3v) is 1.95. The van der Waals surface area contributed by atoms with E-state index in [1.165, 1.54) is 0 Å². The normalized spacial score (nSPS) is 31.5. The van der Waals surface area contributed by atoms with E-state index in [1.807, 2.05) is 13.8 Å². The number of hydrogen-bond donors (Lipinski definition) is 1. The van der Waals surface area contributed by atoms with Gasteiger partial charge in [0.15, 0.2) is 0 Å². The number of nitrogens with one attached hydrogen (secondary N) is 1. The van der Waals surface area contributed by atoms with E-state index in [-0.39, 0.29) is 19.0 Å². The van der Waals surface area contributed by atoms with Crippen LogP contribution in [0.5, 0.6) is 0 Å². The highest BCUT2D eigenvalue weighted by Crippen LogP contribution is 2.28. The summed E-state index contributed by atoms with van der Waals surface area (Å²) in [4.78, 5) is 0. The van der Waals surface area contributed by atoms with Crippen molar-refractivity contribution in [2.75, 3.05) is 6.54 Å². The topological polar surface area (TPSA) is 12.0 Å². The summed E-state index contributed by atoms with van der Waals surface area (Å²) in [6.45, 7) is 3.77. The fraction of sp³-hybridized carbons (Fsp3) is 1.00. The molecule has 3 heteroatoms. The molecule has 1 aliphatic rings. The Hall–Kier alpha value is -0.180. The highest BCUT2D eigenvalue weighted by Gasteiger charge is 2.39. The molecule has 1 rings (SSSR count). The van der Waals surface area contributed by atoms with Crippen molar-refractivity contribution in [1.82, 2.24) is 5.32 Å². The summed E-state index contributed by atoms with van der Waals surface area (Å²) in [6.07, 6.45) is 0.00463. The Morgan fingerprint density at radius 3 is 2.30 bits per heavy atom. The molecule has 1 fully saturated rings. The monoisotopic (exact) mass is 149 g/mol. The van der Waals surface area contributed by atoms with Crippen LogP contribution in [-0.4, -0.2) is 18.5 Å². The standard InChI is InChI=1S/C7H13F2N/c1-5(2)6-3-7(8,9)4-10-6/h5-6,10H,3-4H2,1-2H3/t6-/m0/s1. The fourth-order valence-electron chi connectivity index (χ4n) is 1.22. The Morgan fingerprint density at radius 1 is 1.50 bits per heavy atom. The second-order valence-corrected chi connectivity index (χ2v) is 3.29. The highest BCUT2D eigenvalue weighted by molar-refractivity contribution is 4.88. The van der Waals surface area contributed by atoms with Crippen molar-refractivity contribution < 1.29 is 8.78 Å². The lowest BCUT2D eigenvalue weighted by molar-refractivity contribution is 0.0197. The SMILES string of the molecule is CC(C)[C@@H]1CC(F)(F)CN1. The van der Waals surface area contributed by atoms with Crippen molar-refractivity contribution in [2.45, 2.75) is 32.2 Å². The summed E-state index contributed by atoms with van der Waals surface area (Å²) >= 11 is 0. The van der Waals surface area contributed by atoms with Crippen molar-refractivity contribution in [3.63, 3.8) is 0 Å². The van der Waals surface area contributed by atoms with Crippen LogP contribution in [0.25, 0.3) is 0 Å². The molecule has 1 atom stereocenters. The van der Waals surface area contributed by atoms with Crippen molar-refractivity contribution in [3.05, 3.63) is 0 Å². The quantitative estimate of drug-likeness (QED) is 0.597. The summed E-state index contributed by atoms with van der Waals surface area (Å²) < 4.78 is 25.0. The van der Waals surface area contributed by atoms with Crippen molar-refractivity contribution in [2.24, 2.45) is 5.92 Å². The van der Waals surface area contributed by atoms with Gasteiger partial charge in [0.25, 0.3) is 5.92 Å². The van der Waals surface area contributed by atoms with Gasteiger partial charge >= 0.3 is 0 Å². The minimum atomic E-state index is -2.46. The van der Waals surface area contributed by atoms with E-state index in [2.05, 4.69) is 5.32 Å². The molecule has 0 radical (unpaired) electrons. The van der Waals surface area contributed by atoms with Crippen LogP contribution in [-0.2, 0) is 0 Å². The molecule has 0 amide bonds. The fourth-order valence-corrected chi connectivity index (χ4v) is 1.22. The van der Waals surface area contributed by atoms with Gasteiger partial charge in [0.2, 0.25) is 0 Å². The van der Waals surface area contributed by atoms with E-state index in [0.29, 0.717) is 5.92 Å². The zero-order chi connectivity index (χ0) is 7.78. The first-order chi connectivity index (χ1) is 4.51. The third-order valence-electron chi connectivity index (χ3n) is 1.95. The lowest BCUT2D eigenvalue weighted by Crippen LogP contribution is -2.26. The number of rotatable bonds is 1. The molecule has 1 nitrogen and oxygen atoms in total. The van der Waals surface area contributed by atoms with Gasteiger partial charge < -0.3 is 5.32 Å². The maximum atomic E-state index is 12.5. The number of hydrogen-bond acceptors (Lipinski definition) is 1. The Kier molecular flexibility index (Phi) is 1.95. The summed E-state index contributed by atoms with van der Waals surface area (Å²) in [5, 5.41) is 2.80. The highest BCUT2D eigenvalue weighted by atomic mass is 19.3. The molecule has 0 unspecified atom stereocenters. The third kappa shape index (κ3) is 1.66. The largest absolute Gasteiger partial charge is 0.308 e. The van der Waals surface area contributed by atoms with Crippen LogP contribution < -0.4 is 5.32 Å². The Labute approximate surface area is 59.8 Å². The molecule has 1 aliphatic heterocycles. The van der Waals surface area contributed by atoms with Crippen LogP contribution in [0.4, 0.5) is 8.78 Å². The van der Waals surface area contributed by atoms with Crippen LogP contribution in [0, 0.1) is 5.92 Å². The van der Waals surface area contributed by atoms with Crippen molar-refractivity contribution in [1.29, 1.82) is 0 Å². The summed E-state index contributed by atoms with van der Waals surface area (Å²) in [6, 6.07) is 0.00926. The van der Waals surface area contributed by atoms with Crippen molar-refractivity contribution in [3.8, 4) is 0 Å². The van der Waals surface area contributed by atoms with Gasteiger partial charge in [-0.1, -0.05) is 13.8 Å². The molecule has 0 aromatic heterocycles. The molecular formula is C7H13F2N. The average molecular weight is 149 g/mol. The van der Waals surface area contributed by atoms with Gasteiger partial charge in [0.1, 0.15) is 0 Å². The lowest BCUT2D eigenvalue weighted by atomic mass is 10.0. The van der Waals surface area contributed by atoms with Crippen LogP contribution in [0.1, 0.15) is 20.3 Å². The van der Waals surface area contributed by atoms with Gasteiger partial charge in [0.05, 0.1) is 6.54 Å². The molecule has 0 spiro atoms. The summed E-state index contributed by atoms with van der Waals surface area (Å²) in [7, 11) is 0. The maximum absolute atomic E-state index is 12.5. The molecule has 0 aliphatic carbocycles. The first-order valence-electron chi connectivity index (χ1n) is 3.62. The Balaban J connectivity index is 2.43. The van der Waals surface area contributed by atoms with Gasteiger partial charge in [-0.3, -0.25) is 0 Å². The molecule has 0 bridgehead atoms. The molecular weight excluding hydrogens is 136 g/mol. The predicted molar refractivity (Wildman–Crippen MR) is 36.2 cm³/mol. The predicted octanol–water partition coefficient (Wildman–Crippen LogP) is 1.64. The van der Waals surface area contributed by atoms with E-state index >= 15 is 0 Å². The molecule has 10 heavy (non-hydrogen) atoms. The number of alkyl halides is 2. The molecule has 1 heterocycles. The van der Waals surface area contributed by atoms with Gasteiger partial charge in [-0.25, -0.2) is 8.78 Å². The minimum Gasteiger partial charge on any atom is -0.308 e. The molecule has 1 saturated heterocycles. The van der Waals surface area contributed by atoms with E-state index in [4.69, 9.17) is 0 Å². The maximum Gasteiger partial charge on any atom is 0.261 e. The van der Waals surface area contributed by atoms with Crippen LogP contribution in [0.15, 0.2) is 0 Å². The Bertz CT molecular complexity index is 123. The molecule has 60 valence electrons. The summed E-state index contributed by atoms with van der Waals surface area (Å²) in [5.74, 6) is -2.15. The van der Waals surface area contributed by atoms with Crippen LogP contribution in [0.3, 0.4) is 0 Å². The zero-order valence-electron chi connectivity index (χ0n) is 6.32. The average Bonchev–Trinajstić information content (AvgIpc) is 2.10. The van der Waals surface area contributed by atoms with E-state index < -0.39 is 5.92 Å². The second kappa shape index (κ2) is 2.46. The molecule has 0 aromatic rings. The second-order valence-electron chi connectivity index (χ2n) is 3.29. The molecule has 1 N–H and O–H groups in total. The van der Waals surface area contributed by atoms with Crippen LogP contribution >= 0.6 is 0 Å². The smallest absolute Gasteiger partial charge is 0.261 e. The first kappa shape index (κ1) is 7.92. The minimum absolute atomic E-state index is 0.00463.